The second-order valence-corrected chi connectivity index (χ2v) is 5.34. The molecule has 1 rings (SSSR count). The molecular weight excluding hydrogens is 222 g/mol. The molecule has 1 unspecified atom stereocenters. The minimum atomic E-state index is 0.0302. The summed E-state index contributed by atoms with van der Waals surface area (Å²) in [5.74, 6) is 0. The first-order valence-electron chi connectivity index (χ1n) is 7.68. The highest BCUT2D eigenvalue weighted by Gasteiger charge is 2.20. The van der Waals surface area contributed by atoms with Crippen molar-refractivity contribution in [3.8, 4) is 6.07 Å². The lowest BCUT2D eigenvalue weighted by Crippen LogP contribution is -2.40. The van der Waals surface area contributed by atoms with Gasteiger partial charge in [0, 0.05) is 12.6 Å². The summed E-state index contributed by atoms with van der Waals surface area (Å²) in [5.41, 5.74) is 0. The van der Waals surface area contributed by atoms with E-state index in [2.05, 4.69) is 30.1 Å². The van der Waals surface area contributed by atoms with Gasteiger partial charge < -0.3 is 10.2 Å². The van der Waals surface area contributed by atoms with Crippen LogP contribution in [0.25, 0.3) is 0 Å². The first-order chi connectivity index (χ1) is 8.81. The van der Waals surface area contributed by atoms with Gasteiger partial charge in [0.05, 0.1) is 12.1 Å². The van der Waals surface area contributed by atoms with Crippen molar-refractivity contribution in [2.45, 2.75) is 70.9 Å². The monoisotopic (exact) mass is 251 g/mol. The maximum atomic E-state index is 9.12. The van der Waals surface area contributed by atoms with E-state index in [1.807, 2.05) is 0 Å². The molecule has 0 aromatic heterocycles. The zero-order valence-electron chi connectivity index (χ0n) is 12.1. The van der Waals surface area contributed by atoms with Gasteiger partial charge in [0.2, 0.25) is 0 Å². The van der Waals surface area contributed by atoms with Crippen LogP contribution in [-0.2, 0) is 0 Å². The van der Waals surface area contributed by atoms with Gasteiger partial charge in [-0.2, -0.15) is 5.26 Å². The second-order valence-electron chi connectivity index (χ2n) is 5.34. The molecule has 0 bridgehead atoms. The van der Waals surface area contributed by atoms with E-state index in [9.17, 15) is 0 Å². The Morgan fingerprint density at radius 3 is 2.56 bits per heavy atom. The van der Waals surface area contributed by atoms with Crippen LogP contribution in [0, 0.1) is 11.3 Å². The van der Waals surface area contributed by atoms with Crippen molar-refractivity contribution in [1.29, 1.82) is 5.26 Å². The molecule has 1 aliphatic carbocycles. The van der Waals surface area contributed by atoms with E-state index in [4.69, 9.17) is 5.26 Å². The van der Waals surface area contributed by atoms with Crippen LogP contribution >= 0.6 is 0 Å². The molecule has 0 spiro atoms. The average Bonchev–Trinajstić information content (AvgIpc) is 2.44. The lowest BCUT2D eigenvalue weighted by Gasteiger charge is -2.34. The van der Waals surface area contributed by atoms with E-state index in [1.54, 1.807) is 0 Å². The molecule has 0 aliphatic heterocycles. The first kappa shape index (κ1) is 15.5. The Labute approximate surface area is 113 Å². The van der Waals surface area contributed by atoms with Gasteiger partial charge in [-0.3, -0.25) is 0 Å². The number of hydrogen-bond acceptors (Lipinski definition) is 3. The largest absolute Gasteiger partial charge is 0.302 e. The van der Waals surface area contributed by atoms with Gasteiger partial charge in [0.1, 0.15) is 0 Å². The second kappa shape index (κ2) is 9.35. The predicted octanol–water partition coefficient (Wildman–Crippen LogP) is 2.92. The van der Waals surface area contributed by atoms with E-state index in [1.165, 1.54) is 32.1 Å². The van der Waals surface area contributed by atoms with Gasteiger partial charge in [-0.15, -0.1) is 0 Å². The maximum Gasteiger partial charge on any atom is 0.0965 e. The molecule has 0 heterocycles. The smallest absolute Gasteiger partial charge is 0.0965 e. The molecule has 1 atom stereocenters. The Bertz CT molecular complexity index is 241. The molecule has 0 radical (unpaired) electrons. The quantitative estimate of drug-likeness (QED) is 0.721. The van der Waals surface area contributed by atoms with E-state index >= 15 is 0 Å². The third-order valence-electron chi connectivity index (χ3n) is 4.00. The predicted molar refractivity (Wildman–Crippen MR) is 76.4 cm³/mol. The molecule has 104 valence electrons. The molecule has 1 saturated carbocycles. The van der Waals surface area contributed by atoms with Crippen molar-refractivity contribution < 1.29 is 0 Å². The van der Waals surface area contributed by atoms with Crippen molar-refractivity contribution in [2.24, 2.45) is 0 Å². The SMILES string of the molecule is CCCNC(C#N)CCN(CC)C1CCCCC1. The molecule has 0 aromatic carbocycles. The standard InChI is InChI=1S/C15H29N3/c1-3-11-17-14(13-16)10-12-18(4-2)15-8-6-5-7-9-15/h14-15,17H,3-12H2,1-2H3. The van der Waals surface area contributed by atoms with E-state index < -0.39 is 0 Å². The zero-order valence-corrected chi connectivity index (χ0v) is 12.1. The summed E-state index contributed by atoms with van der Waals surface area (Å²) in [6.45, 7) is 7.53. The summed E-state index contributed by atoms with van der Waals surface area (Å²) in [7, 11) is 0. The van der Waals surface area contributed by atoms with Crippen LogP contribution < -0.4 is 5.32 Å². The Balaban J connectivity index is 2.30. The minimum absolute atomic E-state index is 0.0302. The molecule has 18 heavy (non-hydrogen) atoms. The highest BCUT2D eigenvalue weighted by Crippen LogP contribution is 2.22. The third-order valence-corrected chi connectivity index (χ3v) is 4.00. The maximum absolute atomic E-state index is 9.12. The zero-order chi connectivity index (χ0) is 13.2. The molecule has 0 saturated heterocycles. The summed E-state index contributed by atoms with van der Waals surface area (Å²) in [5, 5.41) is 12.4. The molecule has 3 heteroatoms. The number of nitrogens with zero attached hydrogens (tertiary/aromatic N) is 2. The number of rotatable bonds is 8. The summed E-state index contributed by atoms with van der Waals surface area (Å²) in [6, 6.07) is 3.18. The summed E-state index contributed by atoms with van der Waals surface area (Å²) in [4.78, 5) is 2.58. The van der Waals surface area contributed by atoms with Gasteiger partial charge >= 0.3 is 0 Å². The highest BCUT2D eigenvalue weighted by atomic mass is 15.1. The van der Waals surface area contributed by atoms with Crippen LogP contribution in [0.2, 0.25) is 0 Å². The Kier molecular flexibility index (Phi) is 8.04. The van der Waals surface area contributed by atoms with Crippen LogP contribution in [0.15, 0.2) is 0 Å². The van der Waals surface area contributed by atoms with E-state index in [0.717, 1.165) is 38.5 Å². The molecule has 0 amide bonds. The molecule has 1 aliphatic rings. The van der Waals surface area contributed by atoms with Crippen molar-refractivity contribution >= 4 is 0 Å². The van der Waals surface area contributed by atoms with Crippen LogP contribution in [0.5, 0.6) is 0 Å². The van der Waals surface area contributed by atoms with Crippen molar-refractivity contribution in [2.75, 3.05) is 19.6 Å². The van der Waals surface area contributed by atoms with Gasteiger partial charge in [0.25, 0.3) is 0 Å². The fourth-order valence-electron chi connectivity index (χ4n) is 2.87. The van der Waals surface area contributed by atoms with Crippen molar-refractivity contribution in [1.82, 2.24) is 10.2 Å². The molecule has 0 aromatic rings. The number of nitriles is 1. The van der Waals surface area contributed by atoms with Crippen molar-refractivity contribution in [3.05, 3.63) is 0 Å². The molecule has 3 nitrogen and oxygen atoms in total. The van der Waals surface area contributed by atoms with Gasteiger partial charge in [0.15, 0.2) is 0 Å². The van der Waals surface area contributed by atoms with Crippen LogP contribution in [0.4, 0.5) is 0 Å². The molecule has 1 fully saturated rings. The lowest BCUT2D eigenvalue weighted by atomic mass is 9.94. The van der Waals surface area contributed by atoms with Gasteiger partial charge in [-0.25, -0.2) is 0 Å². The third kappa shape index (κ3) is 5.37. The minimum Gasteiger partial charge on any atom is -0.302 e. The lowest BCUT2D eigenvalue weighted by molar-refractivity contribution is 0.159. The molecular formula is C15H29N3. The Morgan fingerprint density at radius 2 is 2.00 bits per heavy atom. The van der Waals surface area contributed by atoms with Crippen LogP contribution in [0.1, 0.15) is 58.8 Å². The Morgan fingerprint density at radius 1 is 1.28 bits per heavy atom. The number of nitrogens with one attached hydrogen (secondary N) is 1. The average molecular weight is 251 g/mol. The van der Waals surface area contributed by atoms with Gasteiger partial charge in [-0.1, -0.05) is 33.1 Å². The normalized spacial score (nSPS) is 18.8. The van der Waals surface area contributed by atoms with E-state index in [0.29, 0.717) is 0 Å². The van der Waals surface area contributed by atoms with Crippen LogP contribution in [-0.4, -0.2) is 36.6 Å². The first-order valence-corrected chi connectivity index (χ1v) is 7.68. The van der Waals surface area contributed by atoms with Gasteiger partial charge in [-0.05, 0) is 38.8 Å². The molecule has 1 N–H and O–H groups in total. The summed E-state index contributed by atoms with van der Waals surface area (Å²) >= 11 is 0. The Hall–Kier alpha value is -0.590. The van der Waals surface area contributed by atoms with Crippen molar-refractivity contribution in [3.63, 3.8) is 0 Å². The fourth-order valence-corrected chi connectivity index (χ4v) is 2.87. The van der Waals surface area contributed by atoms with Crippen LogP contribution in [0.3, 0.4) is 0 Å². The topological polar surface area (TPSA) is 39.1 Å². The summed E-state index contributed by atoms with van der Waals surface area (Å²) < 4.78 is 0. The summed E-state index contributed by atoms with van der Waals surface area (Å²) in [6.07, 6.45) is 8.95. The number of hydrogen-bond donors (Lipinski definition) is 1. The fraction of sp³-hybridized carbons (Fsp3) is 0.933. The van der Waals surface area contributed by atoms with E-state index in [-0.39, 0.29) is 6.04 Å². The highest BCUT2D eigenvalue weighted by molar-refractivity contribution is 4.90.